The first-order valence-electron chi connectivity index (χ1n) is 7.13. The van der Waals surface area contributed by atoms with Crippen molar-refractivity contribution < 1.29 is 9.63 Å². The van der Waals surface area contributed by atoms with E-state index in [0.717, 1.165) is 0 Å². The third-order valence-electron chi connectivity index (χ3n) is 4.85. The second-order valence-electron chi connectivity index (χ2n) is 5.78. The smallest absolute Gasteiger partial charge is 0.317 e. The first kappa shape index (κ1) is 15.4. The second kappa shape index (κ2) is 5.01. The van der Waals surface area contributed by atoms with Gasteiger partial charge in [-0.05, 0) is 12.5 Å². The summed E-state index contributed by atoms with van der Waals surface area (Å²) in [4.78, 5) is 17.4. The molecule has 2 aliphatic rings. The molecule has 0 amide bonds. The third kappa shape index (κ3) is 1.50. The molecule has 0 unspecified atom stereocenters. The van der Waals surface area contributed by atoms with Gasteiger partial charge in [0.05, 0.1) is 29.6 Å². The van der Waals surface area contributed by atoms with Gasteiger partial charge in [-0.25, -0.2) is 4.79 Å². The molecule has 1 spiro atoms. The van der Waals surface area contributed by atoms with Gasteiger partial charge >= 0.3 is 5.97 Å². The summed E-state index contributed by atoms with van der Waals surface area (Å²) in [5, 5.41) is 41.2. The average Bonchev–Trinajstić information content (AvgIpc) is 3.03. The van der Waals surface area contributed by atoms with Crippen LogP contribution < -0.4 is 0 Å². The predicted molar refractivity (Wildman–Crippen MR) is 81.3 cm³/mol. The van der Waals surface area contributed by atoms with Crippen molar-refractivity contribution in [2.75, 3.05) is 0 Å². The van der Waals surface area contributed by atoms with Crippen LogP contribution >= 0.6 is 0 Å². The van der Waals surface area contributed by atoms with Crippen LogP contribution in [0.2, 0.25) is 0 Å². The van der Waals surface area contributed by atoms with Crippen molar-refractivity contribution in [1.82, 2.24) is 0 Å². The highest BCUT2D eigenvalue weighted by Crippen LogP contribution is 2.62. The van der Waals surface area contributed by atoms with Crippen LogP contribution in [0.1, 0.15) is 18.4 Å². The van der Waals surface area contributed by atoms with Gasteiger partial charge in [0.25, 0.3) is 0 Å². The fourth-order valence-electron chi connectivity index (χ4n) is 3.76. The number of carbonyl (C=O) groups excluding carboxylic acids is 1. The van der Waals surface area contributed by atoms with Gasteiger partial charge in [-0.1, -0.05) is 35.5 Å². The molecule has 1 fully saturated rings. The van der Waals surface area contributed by atoms with Crippen molar-refractivity contribution in [3.63, 3.8) is 0 Å². The van der Waals surface area contributed by atoms with Crippen LogP contribution in [-0.4, -0.2) is 17.4 Å². The fourth-order valence-corrected chi connectivity index (χ4v) is 3.76. The molecule has 0 radical (unpaired) electrons. The van der Waals surface area contributed by atoms with E-state index in [1.165, 1.54) is 6.92 Å². The highest BCUT2D eigenvalue weighted by atomic mass is 16.7. The summed E-state index contributed by atoms with van der Waals surface area (Å²) >= 11 is 0. The standard InChI is InChI=1S/C17H11N5O2/c1-10-17(15(23)24-22-10)13(11-5-3-2-4-6-11)16(8-19,9-20)12(7-18)14(17)21/h2-6,12-13,21H,1H3/t12-,13-,17+/m0/s1. The lowest BCUT2D eigenvalue weighted by Crippen LogP contribution is -2.44. The molecule has 1 aliphatic heterocycles. The largest absolute Gasteiger partial charge is 0.353 e. The average molecular weight is 317 g/mol. The van der Waals surface area contributed by atoms with Crippen molar-refractivity contribution >= 4 is 17.4 Å². The molecule has 1 aromatic carbocycles. The predicted octanol–water partition coefficient (Wildman–Crippen LogP) is 1.90. The summed E-state index contributed by atoms with van der Waals surface area (Å²) in [6, 6.07) is 14.2. The van der Waals surface area contributed by atoms with Gasteiger partial charge in [0.2, 0.25) is 0 Å². The Morgan fingerprint density at radius 1 is 1.21 bits per heavy atom. The van der Waals surface area contributed by atoms with Crippen LogP contribution in [0, 0.1) is 56.2 Å². The number of hydrogen-bond donors (Lipinski definition) is 1. The Hall–Kier alpha value is -3.50. The lowest BCUT2D eigenvalue weighted by molar-refractivity contribution is -0.146. The summed E-state index contributed by atoms with van der Waals surface area (Å²) in [6.45, 7) is 1.51. The molecule has 0 saturated heterocycles. The van der Waals surface area contributed by atoms with E-state index in [9.17, 15) is 20.6 Å². The van der Waals surface area contributed by atoms with Gasteiger partial charge in [0.1, 0.15) is 5.92 Å². The molecule has 116 valence electrons. The van der Waals surface area contributed by atoms with E-state index in [4.69, 9.17) is 10.2 Å². The van der Waals surface area contributed by atoms with Gasteiger partial charge in [-0.15, -0.1) is 0 Å². The van der Waals surface area contributed by atoms with E-state index < -0.39 is 28.6 Å². The lowest BCUT2D eigenvalue weighted by Gasteiger charge is -2.31. The Labute approximate surface area is 137 Å². The summed E-state index contributed by atoms with van der Waals surface area (Å²) in [5.74, 6) is -3.22. The number of hydrogen-bond acceptors (Lipinski definition) is 7. The van der Waals surface area contributed by atoms with E-state index in [2.05, 4.69) is 5.16 Å². The van der Waals surface area contributed by atoms with E-state index in [-0.39, 0.29) is 11.4 Å². The van der Waals surface area contributed by atoms with Gasteiger partial charge in [-0.2, -0.15) is 15.8 Å². The summed E-state index contributed by atoms with van der Waals surface area (Å²) in [7, 11) is 0. The molecule has 3 rings (SSSR count). The minimum atomic E-state index is -1.88. The summed E-state index contributed by atoms with van der Waals surface area (Å²) < 4.78 is 0. The van der Waals surface area contributed by atoms with Crippen LogP contribution in [0.3, 0.4) is 0 Å². The zero-order valence-electron chi connectivity index (χ0n) is 12.6. The number of oxime groups is 1. The summed E-state index contributed by atoms with van der Waals surface area (Å²) in [6.07, 6.45) is 0. The second-order valence-corrected chi connectivity index (χ2v) is 5.78. The van der Waals surface area contributed by atoms with Crippen LogP contribution in [-0.2, 0) is 9.63 Å². The molecule has 7 nitrogen and oxygen atoms in total. The van der Waals surface area contributed by atoms with Crippen LogP contribution in [0.15, 0.2) is 35.5 Å². The molecular weight excluding hydrogens is 306 g/mol. The van der Waals surface area contributed by atoms with E-state index in [1.807, 2.05) is 18.2 Å². The highest BCUT2D eigenvalue weighted by molar-refractivity contribution is 6.29. The van der Waals surface area contributed by atoms with Gasteiger partial charge in [0, 0.05) is 5.92 Å². The van der Waals surface area contributed by atoms with Crippen molar-refractivity contribution in [3.8, 4) is 18.2 Å². The molecule has 0 bridgehead atoms. The molecular formula is C17H11N5O2. The fraction of sp³-hybridized carbons (Fsp3) is 0.294. The van der Waals surface area contributed by atoms with Crippen LogP contribution in [0.25, 0.3) is 0 Å². The maximum Gasteiger partial charge on any atom is 0.353 e. The number of carbonyl (C=O) groups is 1. The zero-order chi connectivity index (χ0) is 17.5. The third-order valence-corrected chi connectivity index (χ3v) is 4.85. The van der Waals surface area contributed by atoms with E-state index in [1.54, 1.807) is 30.3 Å². The number of benzene rings is 1. The van der Waals surface area contributed by atoms with Crippen molar-refractivity contribution in [2.45, 2.75) is 12.8 Å². The number of nitrogens with zero attached hydrogens (tertiary/aromatic N) is 4. The number of nitrogens with one attached hydrogen (secondary N) is 1. The molecule has 7 heteroatoms. The molecule has 0 aromatic heterocycles. The minimum absolute atomic E-state index is 0.180. The van der Waals surface area contributed by atoms with Gasteiger partial charge in [0.15, 0.2) is 10.8 Å². The Kier molecular flexibility index (Phi) is 3.21. The molecule has 1 N–H and O–H groups in total. The van der Waals surface area contributed by atoms with Crippen molar-refractivity contribution in [3.05, 3.63) is 35.9 Å². The molecule has 1 aliphatic carbocycles. The molecule has 3 atom stereocenters. The monoisotopic (exact) mass is 317 g/mol. The first-order chi connectivity index (χ1) is 11.5. The molecule has 1 heterocycles. The van der Waals surface area contributed by atoms with E-state index >= 15 is 0 Å². The summed E-state index contributed by atoms with van der Waals surface area (Å²) in [5.41, 5.74) is -3.21. The lowest BCUT2D eigenvalue weighted by atomic mass is 9.64. The van der Waals surface area contributed by atoms with Crippen molar-refractivity contribution in [1.29, 1.82) is 21.2 Å². The van der Waals surface area contributed by atoms with Crippen LogP contribution in [0.5, 0.6) is 0 Å². The molecule has 1 aromatic rings. The maximum atomic E-state index is 12.6. The minimum Gasteiger partial charge on any atom is -0.317 e. The van der Waals surface area contributed by atoms with E-state index in [0.29, 0.717) is 5.56 Å². The van der Waals surface area contributed by atoms with Crippen molar-refractivity contribution in [2.24, 2.45) is 21.9 Å². The Bertz CT molecular complexity index is 886. The highest BCUT2D eigenvalue weighted by Gasteiger charge is 2.74. The normalized spacial score (nSPS) is 30.2. The maximum absolute atomic E-state index is 12.6. The van der Waals surface area contributed by atoms with Gasteiger partial charge < -0.3 is 10.2 Å². The Balaban J connectivity index is 2.43. The Morgan fingerprint density at radius 2 is 1.83 bits per heavy atom. The number of nitriles is 3. The molecule has 1 saturated carbocycles. The topological polar surface area (TPSA) is 134 Å². The first-order valence-corrected chi connectivity index (χ1v) is 7.13. The number of rotatable bonds is 1. The van der Waals surface area contributed by atoms with Crippen LogP contribution in [0.4, 0.5) is 0 Å². The van der Waals surface area contributed by atoms with Gasteiger partial charge in [-0.3, -0.25) is 0 Å². The quantitative estimate of drug-likeness (QED) is 0.789. The zero-order valence-corrected chi connectivity index (χ0v) is 12.6. The molecule has 24 heavy (non-hydrogen) atoms. The SMILES string of the molecule is CC1=NOC(=O)[C@]12C(=N)[C@H](C#N)C(C#N)(C#N)[C@@H]2c1ccccc1. The Morgan fingerprint density at radius 3 is 2.29 bits per heavy atom.